The van der Waals surface area contributed by atoms with Crippen LogP contribution in [-0.4, -0.2) is 107 Å². The highest BCUT2D eigenvalue weighted by Gasteiger charge is 2.63. The van der Waals surface area contributed by atoms with E-state index in [1.165, 1.54) is 6.92 Å². The zero-order chi connectivity index (χ0) is 25.1. The average molecular weight is 491 g/mol. The molecule has 0 radical (unpaired) electrons. The van der Waals surface area contributed by atoms with Gasteiger partial charge < -0.3 is 53.2 Å². The van der Waals surface area contributed by atoms with Crippen molar-refractivity contribution in [1.29, 1.82) is 0 Å². The lowest BCUT2D eigenvalue weighted by Crippen LogP contribution is -2.70. The number of rotatable bonds is 3. The van der Waals surface area contributed by atoms with Gasteiger partial charge in [-0.1, -0.05) is 6.58 Å². The summed E-state index contributed by atoms with van der Waals surface area (Å²) >= 11 is 0. The van der Waals surface area contributed by atoms with Crippen molar-refractivity contribution in [3.8, 4) is 0 Å². The van der Waals surface area contributed by atoms with Crippen molar-refractivity contribution in [2.75, 3.05) is 19.8 Å². The zero-order valence-electron chi connectivity index (χ0n) is 20.0. The summed E-state index contributed by atoms with van der Waals surface area (Å²) in [7, 11) is 0. The topological polar surface area (TPSA) is 152 Å². The Hall–Kier alpha value is -1.19. The minimum absolute atomic E-state index is 0.101. The van der Waals surface area contributed by atoms with Crippen molar-refractivity contribution < 1.29 is 58.0 Å². The first-order chi connectivity index (χ1) is 15.8. The molecule has 0 unspecified atom stereocenters. The summed E-state index contributed by atoms with van der Waals surface area (Å²) < 4.78 is 47.5. The number of hydrogen-bond acceptors (Lipinski definition) is 12. The summed E-state index contributed by atoms with van der Waals surface area (Å²) in [6.07, 6.45) is -9.01. The molecule has 4 rings (SSSR count). The fraction of sp³-hybridized carbons (Fsp3) is 0.864. The number of carbonyl (C=O) groups is 1. The summed E-state index contributed by atoms with van der Waals surface area (Å²) in [6.45, 7) is 11.1. The van der Waals surface area contributed by atoms with Gasteiger partial charge in [-0.25, -0.2) is 4.79 Å². The molecule has 0 saturated carbocycles. The summed E-state index contributed by atoms with van der Waals surface area (Å²) in [4.78, 5) is 12.6. The molecular weight excluding hydrogens is 456 g/mol. The third kappa shape index (κ3) is 4.76. The van der Waals surface area contributed by atoms with Crippen LogP contribution in [0.15, 0.2) is 12.2 Å². The third-order valence-electron chi connectivity index (χ3n) is 6.24. The Labute approximate surface area is 197 Å². The van der Waals surface area contributed by atoms with Gasteiger partial charge in [0.2, 0.25) is 5.79 Å². The predicted octanol–water partition coefficient (Wildman–Crippen LogP) is -0.672. The van der Waals surface area contributed by atoms with Crippen molar-refractivity contribution in [2.45, 2.75) is 101 Å². The molecule has 0 amide bonds. The van der Waals surface area contributed by atoms with Crippen LogP contribution < -0.4 is 0 Å². The maximum atomic E-state index is 12.6. The van der Waals surface area contributed by atoms with Gasteiger partial charge in [0.1, 0.15) is 37.1 Å². The van der Waals surface area contributed by atoms with Gasteiger partial charge in [-0.15, -0.1) is 0 Å². The van der Waals surface area contributed by atoms with Crippen LogP contribution >= 0.6 is 0 Å². The van der Waals surface area contributed by atoms with Gasteiger partial charge in [0.15, 0.2) is 30.1 Å². The van der Waals surface area contributed by atoms with Gasteiger partial charge in [-0.2, -0.15) is 0 Å². The van der Waals surface area contributed by atoms with Crippen LogP contribution in [0.3, 0.4) is 0 Å². The Balaban J connectivity index is 1.72. The molecule has 12 nitrogen and oxygen atoms in total. The lowest BCUT2D eigenvalue weighted by Gasteiger charge is -2.53. The van der Waals surface area contributed by atoms with E-state index >= 15 is 0 Å². The van der Waals surface area contributed by atoms with E-state index in [4.69, 9.17) is 37.9 Å². The van der Waals surface area contributed by atoms with Gasteiger partial charge >= 0.3 is 5.97 Å². The van der Waals surface area contributed by atoms with E-state index in [0.29, 0.717) is 0 Å². The number of aliphatic hydroxyl groups is 3. The van der Waals surface area contributed by atoms with Crippen molar-refractivity contribution >= 4 is 5.97 Å². The first kappa shape index (κ1) is 25.9. The van der Waals surface area contributed by atoms with Crippen molar-refractivity contribution in [3.05, 3.63) is 12.2 Å². The number of esters is 1. The standard InChI is InChI=1S/C22H34O12/c1-10(2)18(26)30-15-14-12(8-27-20(3,4)32-14)29-19-16(15)33-21(5,6)28-9-22(34-19)17(25)13(24)11(7-23)31-22/h11-17,19,23-25H,1,7-9H2,2-6H3/t11-,12-,13-,14-,15+,16-,17+,19-,22+/m1/s1. The maximum absolute atomic E-state index is 12.6. The first-order valence-electron chi connectivity index (χ1n) is 11.3. The molecule has 4 heterocycles. The smallest absolute Gasteiger partial charge is 0.333 e. The van der Waals surface area contributed by atoms with E-state index < -0.39 is 79.0 Å². The Bertz CT molecular complexity index is 799. The number of fused-ring (bicyclic) bond motifs is 2. The molecule has 0 aromatic heterocycles. The zero-order valence-corrected chi connectivity index (χ0v) is 20.0. The molecule has 1 spiro atoms. The van der Waals surface area contributed by atoms with Crippen molar-refractivity contribution in [1.82, 2.24) is 0 Å². The largest absolute Gasteiger partial charge is 0.453 e. The second-order valence-corrected chi connectivity index (χ2v) is 9.96. The number of hydrogen-bond donors (Lipinski definition) is 3. The number of ether oxygens (including phenoxy) is 8. The SMILES string of the molecule is C=C(C)C(=O)O[C@@H]1[C@H]2OC(C)(C)OC[C@@]3(O[C@H]2O[C@@H]2COC(C)(C)O[C@@H]12)O[C@H](CO)[C@@H](O)[C@@H]3O. The van der Waals surface area contributed by atoms with Gasteiger partial charge in [0.05, 0.1) is 13.2 Å². The fourth-order valence-electron chi connectivity index (χ4n) is 4.47. The van der Waals surface area contributed by atoms with E-state index in [1.54, 1.807) is 27.7 Å². The van der Waals surface area contributed by atoms with E-state index in [0.717, 1.165) is 0 Å². The van der Waals surface area contributed by atoms with Gasteiger partial charge in [0.25, 0.3) is 0 Å². The summed E-state index contributed by atoms with van der Waals surface area (Å²) in [6, 6.07) is 0. The minimum atomic E-state index is -1.89. The molecule has 0 bridgehead atoms. The Morgan fingerprint density at radius 1 is 1.03 bits per heavy atom. The highest BCUT2D eigenvalue weighted by atomic mass is 16.8. The lowest BCUT2D eigenvalue weighted by molar-refractivity contribution is -0.454. The molecule has 0 aromatic carbocycles. The van der Waals surface area contributed by atoms with Crippen LogP contribution in [0.2, 0.25) is 0 Å². The first-order valence-corrected chi connectivity index (χ1v) is 11.3. The number of aliphatic hydroxyl groups excluding tert-OH is 3. The van der Waals surface area contributed by atoms with E-state index in [1.807, 2.05) is 0 Å². The van der Waals surface area contributed by atoms with Crippen LogP contribution in [-0.2, 0) is 42.7 Å². The van der Waals surface area contributed by atoms with E-state index in [-0.39, 0.29) is 18.8 Å². The molecule has 12 heteroatoms. The molecule has 4 fully saturated rings. The average Bonchev–Trinajstić information content (AvgIpc) is 2.99. The van der Waals surface area contributed by atoms with Gasteiger partial charge in [-0.3, -0.25) is 0 Å². The van der Waals surface area contributed by atoms with Crippen molar-refractivity contribution in [3.63, 3.8) is 0 Å². The normalized spacial score (nSPS) is 45.5. The molecule has 194 valence electrons. The van der Waals surface area contributed by atoms with Crippen LogP contribution in [0.1, 0.15) is 34.6 Å². The second kappa shape index (κ2) is 9.04. The summed E-state index contributed by atoms with van der Waals surface area (Å²) in [5.41, 5.74) is 0.174. The molecule has 0 aliphatic carbocycles. The highest BCUT2D eigenvalue weighted by molar-refractivity contribution is 5.87. The molecule has 4 aliphatic rings. The fourth-order valence-corrected chi connectivity index (χ4v) is 4.47. The minimum Gasteiger partial charge on any atom is -0.453 e. The Morgan fingerprint density at radius 3 is 2.29 bits per heavy atom. The molecule has 4 aliphatic heterocycles. The van der Waals surface area contributed by atoms with Gasteiger partial charge in [0, 0.05) is 5.57 Å². The molecule has 9 atom stereocenters. The Morgan fingerprint density at radius 2 is 1.68 bits per heavy atom. The summed E-state index contributed by atoms with van der Waals surface area (Å²) in [5.74, 6) is -4.81. The van der Waals surface area contributed by atoms with Crippen LogP contribution in [0, 0.1) is 0 Å². The molecule has 3 N–H and O–H groups in total. The highest BCUT2D eigenvalue weighted by Crippen LogP contribution is 2.43. The lowest BCUT2D eigenvalue weighted by atomic mass is 9.96. The monoisotopic (exact) mass is 490 g/mol. The quantitative estimate of drug-likeness (QED) is 0.340. The molecular formula is C22H34O12. The van der Waals surface area contributed by atoms with E-state index in [9.17, 15) is 20.1 Å². The number of carbonyl (C=O) groups excluding carboxylic acids is 1. The molecule has 4 saturated heterocycles. The molecule has 34 heavy (non-hydrogen) atoms. The van der Waals surface area contributed by atoms with Gasteiger partial charge in [-0.05, 0) is 34.6 Å². The van der Waals surface area contributed by atoms with E-state index in [2.05, 4.69) is 6.58 Å². The van der Waals surface area contributed by atoms with Crippen LogP contribution in [0.25, 0.3) is 0 Å². The van der Waals surface area contributed by atoms with Crippen molar-refractivity contribution in [2.24, 2.45) is 0 Å². The predicted molar refractivity (Wildman–Crippen MR) is 111 cm³/mol. The van der Waals surface area contributed by atoms with Crippen LogP contribution in [0.4, 0.5) is 0 Å². The molecule has 0 aromatic rings. The summed E-state index contributed by atoms with van der Waals surface area (Å²) in [5, 5.41) is 30.8. The third-order valence-corrected chi connectivity index (χ3v) is 6.24. The Kier molecular flexibility index (Phi) is 6.88. The van der Waals surface area contributed by atoms with Crippen LogP contribution in [0.5, 0.6) is 0 Å². The second-order valence-electron chi connectivity index (χ2n) is 9.96. The maximum Gasteiger partial charge on any atom is 0.333 e.